The summed E-state index contributed by atoms with van der Waals surface area (Å²) >= 11 is 12.3. The molecule has 0 saturated heterocycles. The van der Waals surface area contributed by atoms with E-state index in [1.165, 1.54) is 12.8 Å². The SMILES string of the molecule is CNC(=O)c1ccc(-n2c(NC(CC3CC3)c3ccccc3)nc3c(c2=O)C[C@@H](C)N(C(=O)c2ccc(Cl)c(Cl)c2)C3)cc1. The first-order chi connectivity index (χ1) is 21.2. The van der Waals surface area contributed by atoms with Crippen molar-refractivity contribution >= 4 is 41.0 Å². The lowest BCUT2D eigenvalue weighted by Crippen LogP contribution is -2.46. The zero-order chi connectivity index (χ0) is 31.0. The second-order valence-electron chi connectivity index (χ2n) is 11.5. The van der Waals surface area contributed by atoms with Crippen molar-refractivity contribution in [2.24, 2.45) is 5.92 Å². The van der Waals surface area contributed by atoms with Crippen LogP contribution < -0.4 is 16.2 Å². The fourth-order valence-electron chi connectivity index (χ4n) is 5.77. The van der Waals surface area contributed by atoms with Gasteiger partial charge in [-0.3, -0.25) is 14.4 Å². The van der Waals surface area contributed by atoms with E-state index >= 15 is 0 Å². The first kappa shape index (κ1) is 29.9. The zero-order valence-corrected chi connectivity index (χ0v) is 26.0. The minimum atomic E-state index is -0.256. The van der Waals surface area contributed by atoms with Crippen LogP contribution >= 0.6 is 23.2 Å². The van der Waals surface area contributed by atoms with Crippen LogP contribution in [0, 0.1) is 5.92 Å². The average molecular weight is 631 g/mol. The normalized spacial score (nSPS) is 16.6. The highest BCUT2D eigenvalue weighted by Crippen LogP contribution is 2.39. The molecular weight excluding hydrogens is 597 g/mol. The number of hydrogen-bond acceptors (Lipinski definition) is 5. The van der Waals surface area contributed by atoms with Crippen molar-refractivity contribution in [2.45, 2.75) is 51.2 Å². The van der Waals surface area contributed by atoms with Crippen molar-refractivity contribution in [1.29, 1.82) is 0 Å². The van der Waals surface area contributed by atoms with Gasteiger partial charge in [0, 0.05) is 29.8 Å². The van der Waals surface area contributed by atoms with E-state index in [1.807, 2.05) is 25.1 Å². The molecule has 10 heteroatoms. The predicted octanol–water partition coefficient (Wildman–Crippen LogP) is 6.44. The van der Waals surface area contributed by atoms with E-state index in [-0.39, 0.29) is 36.0 Å². The third kappa shape index (κ3) is 6.10. The summed E-state index contributed by atoms with van der Waals surface area (Å²) in [5, 5.41) is 6.92. The van der Waals surface area contributed by atoms with Gasteiger partial charge in [0.15, 0.2) is 0 Å². The van der Waals surface area contributed by atoms with Gasteiger partial charge in [-0.25, -0.2) is 9.55 Å². The molecule has 0 radical (unpaired) electrons. The van der Waals surface area contributed by atoms with Crippen molar-refractivity contribution in [2.75, 3.05) is 12.4 Å². The molecule has 44 heavy (non-hydrogen) atoms. The number of hydrogen-bond donors (Lipinski definition) is 2. The van der Waals surface area contributed by atoms with Gasteiger partial charge in [0.05, 0.1) is 34.0 Å². The second-order valence-corrected chi connectivity index (χ2v) is 12.3. The van der Waals surface area contributed by atoms with Crippen molar-refractivity contribution in [3.05, 3.63) is 121 Å². The van der Waals surface area contributed by atoms with Gasteiger partial charge in [-0.2, -0.15) is 0 Å². The van der Waals surface area contributed by atoms with Crippen molar-refractivity contribution in [1.82, 2.24) is 19.8 Å². The van der Waals surface area contributed by atoms with Gasteiger partial charge in [-0.15, -0.1) is 0 Å². The summed E-state index contributed by atoms with van der Waals surface area (Å²) in [6.07, 6.45) is 3.61. The molecule has 1 saturated carbocycles. The standard InChI is InChI=1S/C34H33Cl2N5O3/c1-20-16-26-30(19-40(20)32(43)24-12-15-27(35)28(36)18-24)39-34(38-29(17-21-8-9-21)22-6-4-3-5-7-22)41(33(26)44)25-13-10-23(11-14-25)31(42)37-2/h3-7,10-15,18,20-21,29H,8-9,16-17,19H2,1-2H3,(H,37,42)(H,38,39)/t20-,29?/m1/s1. The monoisotopic (exact) mass is 629 g/mol. The van der Waals surface area contributed by atoms with E-state index in [1.54, 1.807) is 59.0 Å². The lowest BCUT2D eigenvalue weighted by atomic mass is 9.98. The number of fused-ring (bicyclic) bond motifs is 1. The van der Waals surface area contributed by atoms with Crippen LogP contribution in [0.25, 0.3) is 5.69 Å². The average Bonchev–Trinajstić information content (AvgIpc) is 3.86. The Bertz CT molecular complexity index is 1770. The minimum absolute atomic E-state index is 0.0681. The van der Waals surface area contributed by atoms with Crippen LogP contribution in [0.15, 0.2) is 77.6 Å². The Hall–Kier alpha value is -4.14. The molecule has 2 aliphatic rings. The Labute approximate surface area is 266 Å². The van der Waals surface area contributed by atoms with Crippen LogP contribution in [-0.4, -0.2) is 39.4 Å². The number of aromatic nitrogens is 2. The summed E-state index contributed by atoms with van der Waals surface area (Å²) in [5.41, 5.74) is 3.54. The highest BCUT2D eigenvalue weighted by molar-refractivity contribution is 6.42. The Kier molecular flexibility index (Phi) is 8.47. The Morgan fingerprint density at radius 3 is 2.34 bits per heavy atom. The van der Waals surface area contributed by atoms with Crippen LogP contribution in [0.3, 0.4) is 0 Å². The summed E-state index contributed by atoms with van der Waals surface area (Å²) in [4.78, 5) is 46.9. The molecule has 8 nitrogen and oxygen atoms in total. The van der Waals surface area contributed by atoms with E-state index in [9.17, 15) is 14.4 Å². The van der Waals surface area contributed by atoms with Gasteiger partial charge in [-0.1, -0.05) is 66.4 Å². The number of nitrogens with zero attached hydrogens (tertiary/aromatic N) is 3. The molecule has 2 atom stereocenters. The molecule has 1 unspecified atom stereocenters. The number of carbonyl (C=O) groups is 2. The fourth-order valence-corrected chi connectivity index (χ4v) is 6.07. The van der Waals surface area contributed by atoms with Gasteiger partial charge < -0.3 is 15.5 Å². The third-order valence-corrected chi connectivity index (χ3v) is 9.17. The van der Waals surface area contributed by atoms with E-state index < -0.39 is 0 Å². The van der Waals surface area contributed by atoms with Crippen LogP contribution in [0.2, 0.25) is 10.0 Å². The van der Waals surface area contributed by atoms with E-state index in [0.717, 1.165) is 12.0 Å². The lowest BCUT2D eigenvalue weighted by Gasteiger charge is -2.35. The minimum Gasteiger partial charge on any atom is -0.355 e. The second kappa shape index (κ2) is 12.5. The molecule has 2 amide bonds. The van der Waals surface area contributed by atoms with Crippen LogP contribution in [0.1, 0.15) is 69.8 Å². The van der Waals surface area contributed by atoms with Crippen molar-refractivity contribution in [3.8, 4) is 5.69 Å². The number of rotatable bonds is 8. The third-order valence-electron chi connectivity index (χ3n) is 8.43. The molecular formula is C34H33Cl2N5O3. The maximum absolute atomic E-state index is 14.3. The summed E-state index contributed by atoms with van der Waals surface area (Å²) in [6, 6.07) is 21.6. The molecule has 0 spiro atoms. The fraction of sp³-hybridized carbons (Fsp3) is 0.294. The topological polar surface area (TPSA) is 96.3 Å². The smallest absolute Gasteiger partial charge is 0.263 e. The number of carbonyl (C=O) groups excluding carboxylic acids is 2. The van der Waals surface area contributed by atoms with E-state index in [4.69, 9.17) is 28.2 Å². The van der Waals surface area contributed by atoms with E-state index in [2.05, 4.69) is 22.8 Å². The first-order valence-corrected chi connectivity index (χ1v) is 15.5. The van der Waals surface area contributed by atoms with Gasteiger partial charge in [0.25, 0.3) is 17.4 Å². The molecule has 6 rings (SSSR count). The zero-order valence-electron chi connectivity index (χ0n) is 24.5. The lowest BCUT2D eigenvalue weighted by molar-refractivity contribution is 0.0653. The maximum Gasteiger partial charge on any atom is 0.263 e. The van der Waals surface area contributed by atoms with Gasteiger partial charge in [-0.05, 0) is 73.7 Å². The molecule has 1 aliphatic carbocycles. The Morgan fingerprint density at radius 1 is 0.977 bits per heavy atom. The van der Waals surface area contributed by atoms with Crippen LogP contribution in [-0.2, 0) is 13.0 Å². The van der Waals surface area contributed by atoms with E-state index in [0.29, 0.717) is 56.4 Å². The van der Waals surface area contributed by atoms with Crippen LogP contribution in [0.5, 0.6) is 0 Å². The molecule has 2 heterocycles. The highest BCUT2D eigenvalue weighted by Gasteiger charge is 2.33. The molecule has 2 N–H and O–H groups in total. The molecule has 226 valence electrons. The number of anilines is 1. The maximum atomic E-state index is 14.3. The molecule has 1 fully saturated rings. The number of halogens is 2. The Balaban J connectivity index is 1.43. The summed E-state index contributed by atoms with van der Waals surface area (Å²) in [7, 11) is 1.58. The van der Waals surface area contributed by atoms with Crippen LogP contribution in [0.4, 0.5) is 5.95 Å². The van der Waals surface area contributed by atoms with Gasteiger partial charge in [0.1, 0.15) is 0 Å². The summed E-state index contributed by atoms with van der Waals surface area (Å²) < 4.78 is 1.60. The molecule has 1 aliphatic heterocycles. The molecule has 0 bridgehead atoms. The van der Waals surface area contributed by atoms with Crippen molar-refractivity contribution < 1.29 is 9.59 Å². The largest absolute Gasteiger partial charge is 0.355 e. The summed E-state index contributed by atoms with van der Waals surface area (Å²) in [5.74, 6) is 0.591. The molecule has 1 aromatic heterocycles. The molecule has 4 aromatic rings. The van der Waals surface area contributed by atoms with Gasteiger partial charge >= 0.3 is 0 Å². The quantitative estimate of drug-likeness (QED) is 0.234. The molecule has 3 aromatic carbocycles. The predicted molar refractivity (Wildman–Crippen MR) is 173 cm³/mol. The highest BCUT2D eigenvalue weighted by atomic mass is 35.5. The number of nitrogens with one attached hydrogen (secondary N) is 2. The van der Waals surface area contributed by atoms with Crippen molar-refractivity contribution in [3.63, 3.8) is 0 Å². The summed E-state index contributed by atoms with van der Waals surface area (Å²) in [6.45, 7) is 2.10. The number of amides is 2. The first-order valence-electron chi connectivity index (χ1n) is 14.8. The van der Waals surface area contributed by atoms with Gasteiger partial charge in [0.2, 0.25) is 5.95 Å². The number of benzene rings is 3. The Morgan fingerprint density at radius 2 is 1.68 bits per heavy atom.